The standard InChI is InChI=1S/C26H21NO3P/c28-27(29)22-17-15-20(16-18-22)26-30-19-21-9-7-8-14-25(21)31(26,23-10-3-1-4-11-23)24-12-5-2-6-13-24/h1-18,26H,19H2/q+1. The summed E-state index contributed by atoms with van der Waals surface area (Å²) in [5.74, 6) is -0.229. The number of nitro benzene ring substituents is 1. The Morgan fingerprint density at radius 1 is 0.742 bits per heavy atom. The van der Waals surface area contributed by atoms with Crippen LogP contribution in [0, 0.1) is 10.1 Å². The van der Waals surface area contributed by atoms with Crippen molar-refractivity contribution in [1.82, 2.24) is 0 Å². The van der Waals surface area contributed by atoms with Gasteiger partial charge >= 0.3 is 0 Å². The van der Waals surface area contributed by atoms with Crippen molar-refractivity contribution in [2.45, 2.75) is 12.5 Å². The molecule has 4 aromatic rings. The highest BCUT2D eigenvalue weighted by molar-refractivity contribution is 7.96. The maximum Gasteiger partial charge on any atom is 0.269 e. The van der Waals surface area contributed by atoms with Crippen LogP contribution in [0.15, 0.2) is 109 Å². The Hall–Kier alpha value is -3.33. The highest BCUT2D eigenvalue weighted by atomic mass is 31.2. The minimum atomic E-state index is -2.25. The van der Waals surface area contributed by atoms with Gasteiger partial charge in [-0.05, 0) is 42.5 Å². The Labute approximate surface area is 181 Å². The third kappa shape index (κ3) is 3.25. The van der Waals surface area contributed by atoms with Crippen LogP contribution in [0.25, 0.3) is 0 Å². The predicted molar refractivity (Wildman–Crippen MR) is 126 cm³/mol. The van der Waals surface area contributed by atoms with Crippen LogP contribution in [-0.4, -0.2) is 4.92 Å². The molecule has 0 saturated carbocycles. The molecular formula is C26H21NO3P+. The number of hydrogen-bond donors (Lipinski definition) is 0. The largest absolute Gasteiger partial charge is 0.334 e. The van der Waals surface area contributed by atoms with Crippen molar-refractivity contribution >= 4 is 28.9 Å². The summed E-state index contributed by atoms with van der Waals surface area (Å²) < 4.78 is 6.60. The van der Waals surface area contributed by atoms with Gasteiger partial charge < -0.3 is 4.74 Å². The van der Waals surface area contributed by atoms with E-state index < -0.39 is 7.26 Å². The second-order valence-electron chi connectivity index (χ2n) is 7.53. The van der Waals surface area contributed by atoms with Crippen molar-refractivity contribution in [3.63, 3.8) is 0 Å². The Balaban J connectivity index is 1.82. The highest BCUT2D eigenvalue weighted by Crippen LogP contribution is 2.69. The summed E-state index contributed by atoms with van der Waals surface area (Å²) in [7, 11) is -2.25. The van der Waals surface area contributed by atoms with Crippen molar-refractivity contribution in [2.75, 3.05) is 0 Å². The number of non-ortho nitro benzene ring substituents is 1. The summed E-state index contributed by atoms with van der Waals surface area (Å²) >= 11 is 0. The average Bonchev–Trinajstić information content (AvgIpc) is 2.84. The highest BCUT2D eigenvalue weighted by Gasteiger charge is 2.57. The molecule has 1 heterocycles. The molecule has 0 aliphatic carbocycles. The number of hydrogen-bond acceptors (Lipinski definition) is 3. The zero-order valence-electron chi connectivity index (χ0n) is 16.8. The van der Waals surface area contributed by atoms with Gasteiger partial charge in [0.15, 0.2) is 0 Å². The van der Waals surface area contributed by atoms with E-state index in [-0.39, 0.29) is 16.5 Å². The van der Waals surface area contributed by atoms with Crippen molar-refractivity contribution < 1.29 is 9.66 Å². The molecule has 31 heavy (non-hydrogen) atoms. The molecule has 1 atom stereocenters. The molecule has 0 N–H and O–H groups in total. The average molecular weight is 426 g/mol. The lowest BCUT2D eigenvalue weighted by atomic mass is 10.2. The van der Waals surface area contributed by atoms with E-state index in [1.807, 2.05) is 24.3 Å². The summed E-state index contributed by atoms with van der Waals surface area (Å²) in [5, 5.41) is 15.0. The van der Waals surface area contributed by atoms with Gasteiger partial charge in [0.05, 0.1) is 11.5 Å². The molecule has 5 rings (SSSR count). The molecule has 0 saturated heterocycles. The second kappa shape index (κ2) is 8.07. The minimum Gasteiger partial charge on any atom is -0.334 e. The zero-order valence-corrected chi connectivity index (χ0v) is 17.7. The number of ether oxygens (including phenoxy) is 1. The first kappa shape index (κ1) is 19.6. The first-order valence-electron chi connectivity index (χ1n) is 10.2. The normalized spacial score (nSPS) is 17.0. The molecular weight excluding hydrogens is 405 g/mol. The summed E-state index contributed by atoms with van der Waals surface area (Å²) in [6, 6.07) is 36.4. The van der Waals surface area contributed by atoms with Gasteiger partial charge in [-0.3, -0.25) is 10.1 Å². The summed E-state index contributed by atoms with van der Waals surface area (Å²) in [6.45, 7) is 0.513. The molecule has 1 unspecified atom stereocenters. The lowest BCUT2D eigenvalue weighted by Gasteiger charge is -2.38. The number of rotatable bonds is 4. The first-order valence-corrected chi connectivity index (χ1v) is 12.0. The van der Waals surface area contributed by atoms with E-state index in [4.69, 9.17) is 4.74 Å². The van der Waals surface area contributed by atoms with Gasteiger partial charge in [-0.15, -0.1) is 0 Å². The van der Waals surface area contributed by atoms with Crippen LogP contribution in [0.4, 0.5) is 5.69 Å². The Morgan fingerprint density at radius 2 is 1.29 bits per heavy atom. The van der Waals surface area contributed by atoms with Crippen LogP contribution in [0.1, 0.15) is 17.0 Å². The minimum absolute atomic E-state index is 0.0864. The Kier molecular flexibility index (Phi) is 5.11. The van der Waals surface area contributed by atoms with Gasteiger partial charge in [0.25, 0.3) is 5.69 Å². The van der Waals surface area contributed by atoms with Crippen LogP contribution in [-0.2, 0) is 11.3 Å². The van der Waals surface area contributed by atoms with Gasteiger partial charge in [0.1, 0.15) is 23.2 Å². The molecule has 0 fully saturated rings. The van der Waals surface area contributed by atoms with Gasteiger partial charge in [0, 0.05) is 23.3 Å². The molecule has 0 bridgehead atoms. The summed E-state index contributed by atoms with van der Waals surface area (Å²) in [6.07, 6.45) is 0. The molecule has 4 aromatic carbocycles. The van der Waals surface area contributed by atoms with Crippen molar-refractivity contribution in [1.29, 1.82) is 0 Å². The first-order chi connectivity index (χ1) is 15.2. The smallest absolute Gasteiger partial charge is 0.269 e. The summed E-state index contributed by atoms with van der Waals surface area (Å²) in [4.78, 5) is 10.8. The van der Waals surface area contributed by atoms with Crippen LogP contribution in [0.5, 0.6) is 0 Å². The lowest BCUT2D eigenvalue weighted by molar-refractivity contribution is -0.384. The number of benzene rings is 4. The molecule has 1 aliphatic heterocycles. The van der Waals surface area contributed by atoms with Crippen molar-refractivity contribution in [2.24, 2.45) is 0 Å². The van der Waals surface area contributed by atoms with Gasteiger partial charge in [-0.25, -0.2) is 0 Å². The Morgan fingerprint density at radius 3 is 1.87 bits per heavy atom. The van der Waals surface area contributed by atoms with E-state index in [0.717, 1.165) is 5.56 Å². The van der Waals surface area contributed by atoms with Crippen LogP contribution in [0.3, 0.4) is 0 Å². The molecule has 0 aromatic heterocycles. The zero-order chi connectivity index (χ0) is 21.3. The third-order valence-corrected chi connectivity index (χ3v) is 10.4. The number of nitrogens with zero attached hydrogens (tertiary/aromatic N) is 1. The molecule has 1 aliphatic rings. The SMILES string of the molecule is O=[N+]([O-])c1ccc(C2OCc3ccccc3[P+]2(c2ccccc2)c2ccccc2)cc1. The van der Waals surface area contributed by atoms with E-state index in [9.17, 15) is 10.1 Å². The Bertz CT molecular complexity index is 1170. The molecule has 0 spiro atoms. The quantitative estimate of drug-likeness (QED) is 0.259. The monoisotopic (exact) mass is 426 g/mol. The van der Waals surface area contributed by atoms with Crippen LogP contribution < -0.4 is 15.9 Å². The van der Waals surface area contributed by atoms with Crippen molar-refractivity contribution in [3.05, 3.63) is 130 Å². The van der Waals surface area contributed by atoms with Crippen LogP contribution >= 0.6 is 7.26 Å². The maximum absolute atomic E-state index is 11.2. The lowest BCUT2D eigenvalue weighted by Crippen LogP contribution is -2.40. The van der Waals surface area contributed by atoms with E-state index in [0.29, 0.717) is 6.61 Å². The van der Waals surface area contributed by atoms with Gasteiger partial charge in [-0.2, -0.15) is 0 Å². The third-order valence-electron chi connectivity index (χ3n) is 5.84. The van der Waals surface area contributed by atoms with Crippen LogP contribution in [0.2, 0.25) is 0 Å². The van der Waals surface area contributed by atoms with E-state index in [1.165, 1.54) is 21.5 Å². The molecule has 0 amide bonds. The molecule has 152 valence electrons. The van der Waals surface area contributed by atoms with E-state index >= 15 is 0 Å². The number of nitro groups is 1. The van der Waals surface area contributed by atoms with Gasteiger partial charge in [-0.1, -0.05) is 54.6 Å². The molecule has 4 nitrogen and oxygen atoms in total. The van der Waals surface area contributed by atoms with E-state index in [2.05, 4.69) is 72.8 Å². The topological polar surface area (TPSA) is 52.4 Å². The summed E-state index contributed by atoms with van der Waals surface area (Å²) in [5.41, 5.74) is 2.24. The van der Waals surface area contributed by atoms with Crippen molar-refractivity contribution in [3.8, 4) is 0 Å². The molecule has 0 radical (unpaired) electrons. The fourth-order valence-electron chi connectivity index (χ4n) is 4.49. The van der Waals surface area contributed by atoms with E-state index in [1.54, 1.807) is 12.1 Å². The fourth-order valence-corrected chi connectivity index (χ4v) is 9.25. The second-order valence-corrected chi connectivity index (χ2v) is 11.0. The fraction of sp³-hybridized carbons (Fsp3) is 0.0769. The predicted octanol–water partition coefficient (Wildman–Crippen LogP) is 5.12. The maximum atomic E-state index is 11.2. The number of fused-ring (bicyclic) bond motifs is 1. The van der Waals surface area contributed by atoms with Gasteiger partial charge in [0.2, 0.25) is 5.85 Å². The molecule has 5 heteroatoms.